The van der Waals surface area contributed by atoms with E-state index in [0.29, 0.717) is 5.56 Å². The van der Waals surface area contributed by atoms with Gasteiger partial charge in [0, 0.05) is 28.5 Å². The van der Waals surface area contributed by atoms with E-state index in [1.165, 1.54) is 0 Å². The minimum absolute atomic E-state index is 0.0230. The minimum Gasteiger partial charge on any atom is -0.507 e. The zero-order chi connectivity index (χ0) is 19.0. The second kappa shape index (κ2) is 7.27. The molecule has 1 aromatic carbocycles. The number of ketones is 1. The third-order valence-electron chi connectivity index (χ3n) is 5.34. The molecule has 0 radical (unpaired) electrons. The smallest absolute Gasteiger partial charge is 0.295 e. The Bertz CT molecular complexity index is 903. The average molecular weight is 427 g/mol. The van der Waals surface area contributed by atoms with Gasteiger partial charge in [0.1, 0.15) is 5.76 Å². The highest BCUT2D eigenvalue weighted by Gasteiger charge is 2.49. The zero-order valence-electron chi connectivity index (χ0n) is 14.6. The van der Waals surface area contributed by atoms with Gasteiger partial charge in [0.15, 0.2) is 0 Å². The normalized spacial score (nSPS) is 22.6. The number of hydrogen-bond acceptors (Lipinski definition) is 4. The van der Waals surface area contributed by atoms with E-state index in [1.54, 1.807) is 53.7 Å². The molecule has 1 aliphatic carbocycles. The molecule has 2 aliphatic rings. The van der Waals surface area contributed by atoms with Gasteiger partial charge in [-0.25, -0.2) is 0 Å². The highest BCUT2D eigenvalue weighted by Crippen LogP contribution is 2.43. The number of halogens is 1. The number of aromatic nitrogens is 1. The molecule has 6 heteroatoms. The number of amides is 1. The topological polar surface area (TPSA) is 70.5 Å². The molecule has 0 spiro atoms. The summed E-state index contributed by atoms with van der Waals surface area (Å²) in [6.45, 7) is 0. The molecule has 0 bridgehead atoms. The van der Waals surface area contributed by atoms with Crippen LogP contribution >= 0.6 is 15.9 Å². The number of aliphatic hydroxyl groups is 1. The molecule has 1 aromatic heterocycles. The van der Waals surface area contributed by atoms with Crippen LogP contribution < -0.4 is 0 Å². The number of nitrogens with zero attached hydrogens (tertiary/aromatic N) is 2. The number of hydrogen-bond donors (Lipinski definition) is 1. The van der Waals surface area contributed by atoms with Gasteiger partial charge in [-0.3, -0.25) is 14.6 Å². The van der Waals surface area contributed by atoms with Gasteiger partial charge >= 0.3 is 0 Å². The van der Waals surface area contributed by atoms with Crippen molar-refractivity contribution in [2.75, 3.05) is 0 Å². The maximum atomic E-state index is 12.9. The van der Waals surface area contributed by atoms with E-state index in [1.807, 2.05) is 0 Å². The first-order chi connectivity index (χ1) is 13.1. The number of likely N-dealkylation sites (tertiary alicyclic amines) is 1. The lowest BCUT2D eigenvalue weighted by Gasteiger charge is -2.30. The molecule has 2 aromatic rings. The number of carbonyl (C=O) groups is 2. The molecule has 1 saturated carbocycles. The van der Waals surface area contributed by atoms with E-state index in [2.05, 4.69) is 20.9 Å². The largest absolute Gasteiger partial charge is 0.507 e. The summed E-state index contributed by atoms with van der Waals surface area (Å²) in [6, 6.07) is 10.1. The van der Waals surface area contributed by atoms with Crippen molar-refractivity contribution in [3.8, 4) is 0 Å². The van der Waals surface area contributed by atoms with Crippen molar-refractivity contribution in [2.45, 2.75) is 37.8 Å². The summed E-state index contributed by atoms with van der Waals surface area (Å²) in [5.74, 6) is -1.28. The van der Waals surface area contributed by atoms with Crippen LogP contribution in [-0.4, -0.2) is 32.7 Å². The summed E-state index contributed by atoms with van der Waals surface area (Å²) in [7, 11) is 0. The molecule has 1 saturated heterocycles. The molecule has 1 aliphatic heterocycles. The summed E-state index contributed by atoms with van der Waals surface area (Å²) in [5, 5.41) is 10.9. The van der Waals surface area contributed by atoms with Crippen molar-refractivity contribution in [2.24, 2.45) is 0 Å². The van der Waals surface area contributed by atoms with Crippen LogP contribution in [0.1, 0.15) is 42.9 Å². The predicted octanol–water partition coefficient (Wildman–Crippen LogP) is 4.21. The molecular formula is C21H19BrN2O3. The number of aliphatic hydroxyl groups excluding tert-OH is 1. The average Bonchev–Trinajstić information content (AvgIpc) is 3.30. The van der Waals surface area contributed by atoms with Gasteiger partial charge in [0.05, 0.1) is 11.6 Å². The van der Waals surface area contributed by atoms with E-state index in [9.17, 15) is 14.7 Å². The summed E-state index contributed by atoms with van der Waals surface area (Å²) in [4.78, 5) is 31.5. The minimum atomic E-state index is -0.621. The second-order valence-corrected chi connectivity index (χ2v) is 7.85. The van der Waals surface area contributed by atoms with Crippen LogP contribution in [-0.2, 0) is 9.59 Å². The van der Waals surface area contributed by atoms with E-state index in [-0.39, 0.29) is 17.4 Å². The van der Waals surface area contributed by atoms with Crippen molar-refractivity contribution in [1.29, 1.82) is 0 Å². The van der Waals surface area contributed by atoms with Gasteiger partial charge in [0.25, 0.3) is 11.7 Å². The number of benzene rings is 1. The molecule has 5 nitrogen and oxygen atoms in total. The van der Waals surface area contributed by atoms with Crippen LogP contribution in [0.3, 0.4) is 0 Å². The molecule has 1 N–H and O–H groups in total. The maximum absolute atomic E-state index is 12.9. The van der Waals surface area contributed by atoms with E-state index in [4.69, 9.17) is 0 Å². The van der Waals surface area contributed by atoms with E-state index >= 15 is 0 Å². The Morgan fingerprint density at radius 2 is 1.67 bits per heavy atom. The van der Waals surface area contributed by atoms with Gasteiger partial charge in [-0.2, -0.15) is 0 Å². The molecule has 1 atom stereocenters. The van der Waals surface area contributed by atoms with Crippen LogP contribution in [0.2, 0.25) is 0 Å². The lowest BCUT2D eigenvalue weighted by Crippen LogP contribution is -2.37. The lowest BCUT2D eigenvalue weighted by atomic mass is 9.95. The van der Waals surface area contributed by atoms with Gasteiger partial charge in [0.2, 0.25) is 0 Å². The molecule has 4 rings (SSSR count). The molecule has 27 heavy (non-hydrogen) atoms. The third kappa shape index (κ3) is 3.18. The third-order valence-corrected chi connectivity index (χ3v) is 5.87. The Morgan fingerprint density at radius 1 is 1.04 bits per heavy atom. The van der Waals surface area contributed by atoms with Gasteiger partial charge in [-0.05, 0) is 42.7 Å². The van der Waals surface area contributed by atoms with Gasteiger partial charge in [-0.15, -0.1) is 0 Å². The Morgan fingerprint density at radius 3 is 2.30 bits per heavy atom. The van der Waals surface area contributed by atoms with Crippen LogP contribution in [0.15, 0.2) is 58.8 Å². The first-order valence-corrected chi connectivity index (χ1v) is 9.83. The SMILES string of the molecule is O=C1C(=O)N(C2CCCC2)C(c2ccncc2)/C1=C(/O)c1ccc(Br)cc1. The Hall–Kier alpha value is -2.47. The number of Topliss-reactive ketones (excluding diaryl/α,β-unsaturated/α-hetero) is 1. The Labute approximate surface area is 165 Å². The maximum Gasteiger partial charge on any atom is 0.295 e. The monoisotopic (exact) mass is 426 g/mol. The lowest BCUT2D eigenvalue weighted by molar-refractivity contribution is -0.141. The fourth-order valence-corrected chi connectivity index (χ4v) is 4.31. The van der Waals surface area contributed by atoms with Crippen LogP contribution in [0.5, 0.6) is 0 Å². The quantitative estimate of drug-likeness (QED) is 0.453. The number of carbonyl (C=O) groups excluding carboxylic acids is 2. The summed E-state index contributed by atoms with van der Waals surface area (Å²) in [6.07, 6.45) is 7.14. The molecular weight excluding hydrogens is 408 g/mol. The summed E-state index contributed by atoms with van der Waals surface area (Å²) >= 11 is 3.37. The standard InChI is InChI=1S/C21H19BrN2O3/c22-15-7-5-14(6-8-15)19(25)17-18(13-9-11-23-12-10-13)24(21(27)20(17)26)16-3-1-2-4-16/h5-12,16,18,25H,1-4H2/b19-17-. The first kappa shape index (κ1) is 17.9. The van der Waals surface area contributed by atoms with Crippen LogP contribution in [0.4, 0.5) is 0 Å². The van der Waals surface area contributed by atoms with Crippen molar-refractivity contribution in [3.63, 3.8) is 0 Å². The molecule has 138 valence electrons. The van der Waals surface area contributed by atoms with Gasteiger partial charge < -0.3 is 10.0 Å². The highest BCUT2D eigenvalue weighted by molar-refractivity contribution is 9.10. The zero-order valence-corrected chi connectivity index (χ0v) is 16.2. The van der Waals surface area contributed by atoms with Crippen molar-refractivity contribution < 1.29 is 14.7 Å². The first-order valence-electron chi connectivity index (χ1n) is 9.04. The molecule has 2 fully saturated rings. The van der Waals surface area contributed by atoms with Gasteiger partial charge in [-0.1, -0.05) is 40.9 Å². The second-order valence-electron chi connectivity index (χ2n) is 6.93. The summed E-state index contributed by atoms with van der Waals surface area (Å²) in [5.41, 5.74) is 1.46. The summed E-state index contributed by atoms with van der Waals surface area (Å²) < 4.78 is 0.871. The fourth-order valence-electron chi connectivity index (χ4n) is 4.05. The molecule has 2 heterocycles. The van der Waals surface area contributed by atoms with Crippen molar-refractivity contribution in [1.82, 2.24) is 9.88 Å². The van der Waals surface area contributed by atoms with E-state index in [0.717, 1.165) is 35.7 Å². The van der Waals surface area contributed by atoms with Crippen LogP contribution in [0, 0.1) is 0 Å². The van der Waals surface area contributed by atoms with Crippen molar-refractivity contribution >= 4 is 33.4 Å². The van der Waals surface area contributed by atoms with Crippen LogP contribution in [0.25, 0.3) is 5.76 Å². The van der Waals surface area contributed by atoms with Crippen molar-refractivity contribution in [3.05, 3.63) is 70.0 Å². The number of rotatable bonds is 3. The Kier molecular flexibility index (Phi) is 4.83. The molecule has 1 amide bonds. The highest BCUT2D eigenvalue weighted by atomic mass is 79.9. The Balaban J connectivity index is 1.87. The van der Waals surface area contributed by atoms with E-state index < -0.39 is 17.7 Å². The predicted molar refractivity (Wildman–Crippen MR) is 105 cm³/mol. The molecule has 1 unspecified atom stereocenters. The fraction of sp³-hybridized carbons (Fsp3) is 0.286. The number of pyridine rings is 1.